The van der Waals surface area contributed by atoms with Gasteiger partial charge in [-0.05, 0) is 31.9 Å². The minimum Gasteiger partial charge on any atom is -0.468 e. The topological polar surface area (TPSA) is 28.4 Å². The summed E-state index contributed by atoms with van der Waals surface area (Å²) in [7, 11) is 0. The molecule has 1 fully saturated rings. The summed E-state index contributed by atoms with van der Waals surface area (Å²) < 4.78 is 5.67. The highest BCUT2D eigenvalue weighted by Gasteiger charge is 2.29. The maximum atomic E-state index is 5.67. The second kappa shape index (κ2) is 6.39. The van der Waals surface area contributed by atoms with Crippen LogP contribution in [0.4, 0.5) is 0 Å². The highest BCUT2D eigenvalue weighted by molar-refractivity contribution is 5.17. The molecule has 0 saturated heterocycles. The van der Waals surface area contributed by atoms with Gasteiger partial charge >= 0.3 is 0 Å². The number of hydrogen-bond donors (Lipinski definition) is 1. The normalized spacial score (nSPS) is 15.8. The molecule has 1 aromatic heterocycles. The first-order valence-electron chi connectivity index (χ1n) is 7.23. The quantitative estimate of drug-likeness (QED) is 0.768. The molecule has 0 atom stereocenters. The first-order valence-corrected chi connectivity index (χ1v) is 7.23. The highest BCUT2D eigenvalue weighted by atomic mass is 16.3. The van der Waals surface area contributed by atoms with Crippen LogP contribution in [-0.4, -0.2) is 23.5 Å². The van der Waals surface area contributed by atoms with Crippen molar-refractivity contribution in [1.29, 1.82) is 0 Å². The lowest BCUT2D eigenvalue weighted by Crippen LogP contribution is -2.27. The van der Waals surface area contributed by atoms with E-state index in [0.29, 0.717) is 6.04 Å². The number of nitrogens with zero attached hydrogens (tertiary/aromatic N) is 1. The molecular weight excluding hydrogens is 224 g/mol. The van der Waals surface area contributed by atoms with Crippen molar-refractivity contribution < 1.29 is 4.42 Å². The summed E-state index contributed by atoms with van der Waals surface area (Å²) in [6.07, 6.45) is 5.76. The van der Waals surface area contributed by atoms with E-state index in [9.17, 15) is 0 Å². The van der Waals surface area contributed by atoms with Gasteiger partial charge in [0.15, 0.2) is 0 Å². The Morgan fingerprint density at radius 1 is 1.44 bits per heavy atom. The molecule has 18 heavy (non-hydrogen) atoms. The Bertz CT molecular complexity index is 355. The zero-order valence-electron chi connectivity index (χ0n) is 11.9. The highest BCUT2D eigenvalue weighted by Crippen LogP contribution is 2.29. The molecule has 0 aliphatic heterocycles. The maximum Gasteiger partial charge on any atom is 0.122 e. The lowest BCUT2D eigenvalue weighted by atomic mass is 10.2. The van der Waals surface area contributed by atoms with Gasteiger partial charge in [0.25, 0.3) is 0 Å². The Morgan fingerprint density at radius 3 is 2.83 bits per heavy atom. The third-order valence-corrected chi connectivity index (χ3v) is 3.46. The first kappa shape index (κ1) is 13.6. The molecule has 1 saturated carbocycles. The molecule has 0 radical (unpaired) electrons. The maximum absolute atomic E-state index is 5.67. The van der Waals surface area contributed by atoms with Crippen LogP contribution in [0.3, 0.4) is 0 Å². The molecule has 0 spiro atoms. The Balaban J connectivity index is 1.92. The average molecular weight is 250 g/mol. The monoisotopic (exact) mass is 250 g/mol. The van der Waals surface area contributed by atoms with Gasteiger partial charge in [0, 0.05) is 24.2 Å². The molecule has 1 aliphatic rings. The van der Waals surface area contributed by atoms with Crippen LogP contribution in [0.1, 0.15) is 51.4 Å². The number of hydrogen-bond acceptors (Lipinski definition) is 3. The van der Waals surface area contributed by atoms with E-state index >= 15 is 0 Å². The summed E-state index contributed by atoms with van der Waals surface area (Å²) in [6, 6.07) is 3.42. The van der Waals surface area contributed by atoms with Gasteiger partial charge < -0.3 is 9.73 Å². The van der Waals surface area contributed by atoms with E-state index in [-0.39, 0.29) is 0 Å². The largest absolute Gasteiger partial charge is 0.468 e. The van der Waals surface area contributed by atoms with E-state index in [0.717, 1.165) is 24.9 Å². The van der Waals surface area contributed by atoms with Crippen LogP contribution in [-0.2, 0) is 13.1 Å². The third kappa shape index (κ3) is 3.85. The lowest BCUT2D eigenvalue weighted by Gasteiger charge is -2.20. The van der Waals surface area contributed by atoms with Gasteiger partial charge in [0.05, 0.1) is 12.8 Å². The summed E-state index contributed by atoms with van der Waals surface area (Å²) in [5.41, 5.74) is 1.31. The van der Waals surface area contributed by atoms with Crippen molar-refractivity contribution in [2.24, 2.45) is 0 Å². The van der Waals surface area contributed by atoms with Gasteiger partial charge in [0.1, 0.15) is 5.76 Å². The Hall–Kier alpha value is -0.800. The first-order chi connectivity index (χ1) is 8.70. The van der Waals surface area contributed by atoms with Gasteiger partial charge in [-0.15, -0.1) is 0 Å². The molecule has 1 heterocycles. The lowest BCUT2D eigenvalue weighted by molar-refractivity contribution is 0.233. The van der Waals surface area contributed by atoms with E-state index in [1.807, 2.05) is 6.26 Å². The zero-order chi connectivity index (χ0) is 13.0. The summed E-state index contributed by atoms with van der Waals surface area (Å²) in [4.78, 5) is 2.57. The fourth-order valence-electron chi connectivity index (χ4n) is 2.28. The van der Waals surface area contributed by atoms with Gasteiger partial charge in [0.2, 0.25) is 0 Å². The van der Waals surface area contributed by atoms with Crippen molar-refractivity contribution in [3.8, 4) is 0 Å². The molecular formula is C15H26N2O. The third-order valence-electron chi connectivity index (χ3n) is 3.46. The van der Waals surface area contributed by atoms with Crippen molar-refractivity contribution >= 4 is 0 Å². The van der Waals surface area contributed by atoms with Gasteiger partial charge in [-0.2, -0.15) is 0 Å². The van der Waals surface area contributed by atoms with Crippen molar-refractivity contribution in [2.75, 3.05) is 6.54 Å². The fraction of sp³-hybridized carbons (Fsp3) is 0.733. The molecule has 1 aliphatic carbocycles. The molecule has 0 aromatic carbocycles. The summed E-state index contributed by atoms with van der Waals surface area (Å²) in [5.74, 6) is 1.14. The van der Waals surface area contributed by atoms with E-state index < -0.39 is 0 Å². The minimum absolute atomic E-state index is 0.517. The zero-order valence-corrected chi connectivity index (χ0v) is 11.9. The van der Waals surface area contributed by atoms with Crippen molar-refractivity contribution in [3.63, 3.8) is 0 Å². The second-order valence-electron chi connectivity index (χ2n) is 5.61. The van der Waals surface area contributed by atoms with Crippen molar-refractivity contribution in [1.82, 2.24) is 10.2 Å². The van der Waals surface area contributed by atoms with Crippen LogP contribution in [0.2, 0.25) is 0 Å². The van der Waals surface area contributed by atoms with E-state index in [4.69, 9.17) is 4.42 Å². The fourth-order valence-corrected chi connectivity index (χ4v) is 2.28. The standard InChI is InChI=1S/C15H26N2O/c1-4-8-17(14-5-6-14)11-15-13(7-9-18-15)10-16-12(2)3/h7,9,12,14,16H,4-6,8,10-11H2,1-3H3. The van der Waals surface area contributed by atoms with Crippen LogP contribution in [0.5, 0.6) is 0 Å². The summed E-state index contributed by atoms with van der Waals surface area (Å²) >= 11 is 0. The average Bonchev–Trinajstić information content (AvgIpc) is 3.08. The molecule has 0 amide bonds. The summed E-state index contributed by atoms with van der Waals surface area (Å²) in [6.45, 7) is 9.66. The van der Waals surface area contributed by atoms with Crippen LogP contribution < -0.4 is 5.32 Å². The minimum atomic E-state index is 0.517. The molecule has 1 aromatic rings. The van der Waals surface area contributed by atoms with Crippen LogP contribution in [0.15, 0.2) is 16.7 Å². The van der Waals surface area contributed by atoms with E-state index in [2.05, 4.69) is 37.1 Å². The molecule has 3 heteroatoms. The number of rotatable bonds is 8. The van der Waals surface area contributed by atoms with Gasteiger partial charge in [-0.3, -0.25) is 4.90 Å². The van der Waals surface area contributed by atoms with Crippen LogP contribution >= 0.6 is 0 Å². The predicted molar refractivity (Wildman–Crippen MR) is 74.4 cm³/mol. The molecule has 2 rings (SSSR count). The second-order valence-corrected chi connectivity index (χ2v) is 5.61. The Kier molecular flexibility index (Phi) is 4.84. The Morgan fingerprint density at radius 2 is 2.22 bits per heavy atom. The van der Waals surface area contributed by atoms with Crippen LogP contribution in [0, 0.1) is 0 Å². The van der Waals surface area contributed by atoms with Crippen molar-refractivity contribution in [3.05, 3.63) is 23.7 Å². The predicted octanol–water partition coefficient (Wildman–Crippen LogP) is 3.15. The molecule has 102 valence electrons. The SMILES string of the molecule is CCCN(Cc1occc1CNC(C)C)C1CC1. The molecule has 0 bridgehead atoms. The van der Waals surface area contributed by atoms with Gasteiger partial charge in [-0.1, -0.05) is 20.8 Å². The smallest absolute Gasteiger partial charge is 0.122 e. The molecule has 1 N–H and O–H groups in total. The molecule has 3 nitrogen and oxygen atoms in total. The summed E-state index contributed by atoms with van der Waals surface area (Å²) in [5, 5.41) is 3.46. The number of furan rings is 1. The Labute approximate surface area is 111 Å². The van der Waals surface area contributed by atoms with Crippen molar-refractivity contribution in [2.45, 2.75) is 65.2 Å². The van der Waals surface area contributed by atoms with E-state index in [1.54, 1.807) is 0 Å². The molecule has 0 unspecified atom stereocenters. The van der Waals surface area contributed by atoms with E-state index in [1.165, 1.54) is 31.4 Å². The van der Waals surface area contributed by atoms with Crippen LogP contribution in [0.25, 0.3) is 0 Å². The van der Waals surface area contributed by atoms with Gasteiger partial charge in [-0.25, -0.2) is 0 Å². The number of nitrogens with one attached hydrogen (secondary N) is 1.